The minimum atomic E-state index is -3.45. The van der Waals surface area contributed by atoms with Gasteiger partial charge in [-0.05, 0) is 38.0 Å². The third kappa shape index (κ3) is 6.17. The van der Waals surface area contributed by atoms with E-state index < -0.39 is 16.1 Å². The van der Waals surface area contributed by atoms with Gasteiger partial charge in [-0.15, -0.1) is 0 Å². The zero-order valence-corrected chi connectivity index (χ0v) is 17.7. The first kappa shape index (κ1) is 22.0. The van der Waals surface area contributed by atoms with Crippen LogP contribution in [0.25, 0.3) is 11.4 Å². The predicted octanol–water partition coefficient (Wildman–Crippen LogP) is 1.64. The van der Waals surface area contributed by atoms with E-state index in [2.05, 4.69) is 20.5 Å². The van der Waals surface area contributed by atoms with E-state index in [4.69, 9.17) is 9.47 Å². The van der Waals surface area contributed by atoms with Crippen LogP contribution in [-0.2, 0) is 14.8 Å². The van der Waals surface area contributed by atoms with Crippen molar-refractivity contribution in [1.29, 1.82) is 0 Å². The van der Waals surface area contributed by atoms with E-state index in [1.54, 1.807) is 19.3 Å². The van der Waals surface area contributed by atoms with Gasteiger partial charge in [-0.1, -0.05) is 0 Å². The van der Waals surface area contributed by atoms with Gasteiger partial charge in [-0.3, -0.25) is 10.1 Å². The molecule has 0 spiro atoms. The number of sulfonamides is 1. The highest BCUT2D eigenvalue weighted by Gasteiger charge is 2.29. The van der Waals surface area contributed by atoms with E-state index in [-0.39, 0.29) is 24.8 Å². The summed E-state index contributed by atoms with van der Waals surface area (Å²) in [5.74, 6) is 0.578. The number of ether oxygens (including phenoxy) is 2. The molecule has 1 amide bonds. The molecule has 1 atom stereocenters. The van der Waals surface area contributed by atoms with Crippen molar-refractivity contribution >= 4 is 16.1 Å². The van der Waals surface area contributed by atoms with Crippen molar-refractivity contribution in [2.75, 3.05) is 38.6 Å². The zero-order valence-electron chi connectivity index (χ0n) is 16.9. The summed E-state index contributed by atoms with van der Waals surface area (Å²) in [5.41, 5.74) is 1.60. The van der Waals surface area contributed by atoms with Gasteiger partial charge in [0.05, 0.1) is 36.6 Å². The van der Waals surface area contributed by atoms with Gasteiger partial charge >= 0.3 is 6.09 Å². The number of carbonyl (C=O) groups is 1. The van der Waals surface area contributed by atoms with E-state index in [9.17, 15) is 13.2 Å². The third-order valence-corrected chi connectivity index (χ3v) is 6.62. The maximum absolute atomic E-state index is 12.6. The molecule has 2 N–H and O–H groups in total. The average molecular weight is 438 g/mol. The number of aromatic nitrogens is 3. The fourth-order valence-corrected chi connectivity index (χ4v) is 4.71. The van der Waals surface area contributed by atoms with E-state index in [0.717, 1.165) is 24.2 Å². The summed E-state index contributed by atoms with van der Waals surface area (Å²) in [7, 11) is -3.45. The summed E-state index contributed by atoms with van der Waals surface area (Å²) in [6.07, 6.45) is 4.37. The molecule has 2 aromatic heterocycles. The second kappa shape index (κ2) is 10.4. The molecule has 3 rings (SSSR count). The molecule has 1 aliphatic rings. The molecular weight excluding hydrogens is 410 g/mol. The zero-order chi connectivity index (χ0) is 21.4. The molecular formula is C19H27N5O5S. The Morgan fingerprint density at radius 1 is 1.37 bits per heavy atom. The Balaban J connectivity index is 1.46. The van der Waals surface area contributed by atoms with Gasteiger partial charge in [0.1, 0.15) is 5.75 Å². The Kier molecular flexibility index (Phi) is 7.63. The fourth-order valence-electron chi connectivity index (χ4n) is 3.25. The molecule has 1 saturated heterocycles. The molecule has 0 unspecified atom stereocenters. The van der Waals surface area contributed by atoms with E-state index >= 15 is 0 Å². The largest absolute Gasteiger partial charge is 0.492 e. The first-order chi connectivity index (χ1) is 14.5. The van der Waals surface area contributed by atoms with Gasteiger partial charge in [0, 0.05) is 31.7 Å². The van der Waals surface area contributed by atoms with Crippen LogP contribution in [0, 0.1) is 5.92 Å². The number of H-pyrrole nitrogens is 1. The summed E-state index contributed by atoms with van der Waals surface area (Å²) in [4.78, 5) is 15.6. The Labute approximate surface area is 176 Å². The number of hydrogen-bond acceptors (Lipinski definition) is 7. The van der Waals surface area contributed by atoms with Crippen molar-refractivity contribution in [3.8, 4) is 17.1 Å². The monoisotopic (exact) mass is 437 g/mol. The van der Waals surface area contributed by atoms with Crippen LogP contribution in [0.15, 0.2) is 30.6 Å². The molecule has 30 heavy (non-hydrogen) atoms. The van der Waals surface area contributed by atoms with Gasteiger partial charge in [-0.2, -0.15) is 5.10 Å². The molecule has 1 aliphatic heterocycles. The molecule has 10 nitrogen and oxygen atoms in total. The number of piperidine rings is 1. The van der Waals surface area contributed by atoms with Crippen molar-refractivity contribution < 1.29 is 22.7 Å². The summed E-state index contributed by atoms with van der Waals surface area (Å²) >= 11 is 0. The van der Waals surface area contributed by atoms with E-state index in [0.29, 0.717) is 25.4 Å². The minimum Gasteiger partial charge on any atom is -0.492 e. The minimum absolute atomic E-state index is 0.0210. The van der Waals surface area contributed by atoms with Crippen LogP contribution in [0.5, 0.6) is 5.75 Å². The molecule has 0 radical (unpaired) electrons. The second-order valence-electron chi connectivity index (χ2n) is 6.99. The van der Waals surface area contributed by atoms with Crippen LogP contribution < -0.4 is 10.1 Å². The van der Waals surface area contributed by atoms with Crippen molar-refractivity contribution in [2.45, 2.75) is 19.8 Å². The number of carbonyl (C=O) groups excluding carboxylic acids is 1. The molecule has 3 heterocycles. The van der Waals surface area contributed by atoms with Crippen LogP contribution in [-0.4, -0.2) is 72.6 Å². The normalized spacial score (nSPS) is 17.4. The van der Waals surface area contributed by atoms with Crippen molar-refractivity contribution in [3.05, 3.63) is 30.6 Å². The summed E-state index contributed by atoms with van der Waals surface area (Å²) in [6, 6.07) is 5.51. The highest BCUT2D eigenvalue weighted by molar-refractivity contribution is 7.89. The number of nitrogens with zero attached hydrogens (tertiary/aromatic N) is 3. The van der Waals surface area contributed by atoms with Crippen molar-refractivity contribution in [3.63, 3.8) is 0 Å². The van der Waals surface area contributed by atoms with Gasteiger partial charge in [0.15, 0.2) is 0 Å². The van der Waals surface area contributed by atoms with Gasteiger partial charge in [-0.25, -0.2) is 17.5 Å². The summed E-state index contributed by atoms with van der Waals surface area (Å²) in [5, 5.41) is 9.21. The standard InChI is InChI=1S/C19H27N5O5S/c1-2-28-19(25)20-9-11-30(26,27)24-10-3-4-15(13-24)14-29-16-5-6-17(21-12-16)18-7-8-22-23-18/h5-8,12,15H,2-4,9-11,13-14H2,1H3,(H,20,25)(H,22,23)/t15-/m1/s1. The first-order valence-electron chi connectivity index (χ1n) is 9.95. The number of alkyl carbamates (subject to hydrolysis) is 1. The van der Waals surface area contributed by atoms with Crippen LogP contribution in [0.4, 0.5) is 4.79 Å². The maximum Gasteiger partial charge on any atom is 0.407 e. The lowest BCUT2D eigenvalue weighted by atomic mass is 10.0. The molecule has 164 valence electrons. The maximum atomic E-state index is 12.6. The Morgan fingerprint density at radius 2 is 2.23 bits per heavy atom. The Hall–Kier alpha value is -2.66. The molecule has 0 bridgehead atoms. The van der Waals surface area contributed by atoms with Crippen LogP contribution in [0.3, 0.4) is 0 Å². The highest BCUT2D eigenvalue weighted by atomic mass is 32.2. The lowest BCUT2D eigenvalue weighted by Gasteiger charge is -2.31. The quantitative estimate of drug-likeness (QED) is 0.610. The molecule has 11 heteroatoms. The first-order valence-corrected chi connectivity index (χ1v) is 11.6. The average Bonchev–Trinajstić information content (AvgIpc) is 3.28. The number of rotatable bonds is 9. The number of aromatic amines is 1. The molecule has 0 saturated carbocycles. The topological polar surface area (TPSA) is 127 Å². The lowest BCUT2D eigenvalue weighted by Crippen LogP contribution is -2.44. The van der Waals surface area contributed by atoms with Crippen LogP contribution in [0.2, 0.25) is 0 Å². The number of hydrogen-bond donors (Lipinski definition) is 2. The summed E-state index contributed by atoms with van der Waals surface area (Å²) < 4.78 is 37.2. The van der Waals surface area contributed by atoms with Gasteiger partial charge in [0.2, 0.25) is 10.0 Å². The van der Waals surface area contributed by atoms with Crippen LogP contribution in [0.1, 0.15) is 19.8 Å². The Morgan fingerprint density at radius 3 is 2.93 bits per heavy atom. The molecule has 2 aromatic rings. The van der Waals surface area contributed by atoms with E-state index in [1.807, 2.05) is 18.2 Å². The number of nitrogens with one attached hydrogen (secondary N) is 2. The lowest BCUT2D eigenvalue weighted by molar-refractivity contribution is 0.153. The SMILES string of the molecule is CCOC(=O)NCCS(=O)(=O)N1CCC[C@@H](COc2ccc(-c3ccn[nH]3)nc2)C1. The fraction of sp³-hybridized carbons (Fsp3) is 0.526. The summed E-state index contributed by atoms with van der Waals surface area (Å²) in [6.45, 7) is 3.26. The second-order valence-corrected chi connectivity index (χ2v) is 9.08. The Bertz CT molecular complexity index is 902. The molecule has 0 aliphatic carbocycles. The smallest absolute Gasteiger partial charge is 0.407 e. The highest BCUT2D eigenvalue weighted by Crippen LogP contribution is 2.22. The van der Waals surface area contributed by atoms with Gasteiger partial charge < -0.3 is 14.8 Å². The van der Waals surface area contributed by atoms with Crippen molar-refractivity contribution in [1.82, 2.24) is 24.8 Å². The van der Waals surface area contributed by atoms with E-state index in [1.165, 1.54) is 4.31 Å². The predicted molar refractivity (Wildman–Crippen MR) is 110 cm³/mol. The van der Waals surface area contributed by atoms with Crippen LogP contribution >= 0.6 is 0 Å². The third-order valence-electron chi connectivity index (χ3n) is 4.78. The molecule has 0 aromatic carbocycles. The van der Waals surface area contributed by atoms with Crippen molar-refractivity contribution in [2.24, 2.45) is 5.92 Å². The number of pyridine rings is 1. The number of amides is 1. The molecule has 1 fully saturated rings. The van der Waals surface area contributed by atoms with Gasteiger partial charge in [0.25, 0.3) is 0 Å².